The van der Waals surface area contributed by atoms with Crippen LogP contribution >= 0.6 is 0 Å². The van der Waals surface area contributed by atoms with E-state index in [1.807, 2.05) is 51.1 Å². The minimum atomic E-state index is -0.292. The van der Waals surface area contributed by atoms with Gasteiger partial charge in [-0.05, 0) is 11.0 Å². The molecule has 2 unspecified atom stereocenters. The van der Waals surface area contributed by atoms with E-state index in [4.69, 9.17) is 5.26 Å². The van der Waals surface area contributed by atoms with Crippen LogP contribution in [0.15, 0.2) is 30.3 Å². The maximum Gasteiger partial charge on any atom is 0.101 e. The Labute approximate surface area is 103 Å². The molecule has 2 N–H and O–H groups in total. The molecule has 2 atom stereocenters. The predicted molar refractivity (Wildman–Crippen MR) is 68.3 cm³/mol. The first-order valence-corrected chi connectivity index (χ1v) is 5.80. The zero-order valence-corrected chi connectivity index (χ0v) is 10.6. The van der Waals surface area contributed by atoms with Crippen LogP contribution in [0.4, 0.5) is 0 Å². The number of nitrogens with zero attached hydrogens (tertiary/aromatic N) is 1. The number of nitrogens with one attached hydrogen (secondary N) is 1. The van der Waals surface area contributed by atoms with E-state index in [1.165, 1.54) is 0 Å². The van der Waals surface area contributed by atoms with Gasteiger partial charge in [-0.3, -0.25) is 5.32 Å². The summed E-state index contributed by atoms with van der Waals surface area (Å²) in [5.74, 6) is 0. The van der Waals surface area contributed by atoms with Crippen molar-refractivity contribution in [2.75, 3.05) is 6.61 Å². The van der Waals surface area contributed by atoms with Crippen LogP contribution in [0.1, 0.15) is 32.4 Å². The summed E-state index contributed by atoms with van der Waals surface area (Å²) in [7, 11) is 0. The van der Waals surface area contributed by atoms with Crippen molar-refractivity contribution in [3.05, 3.63) is 35.9 Å². The van der Waals surface area contributed by atoms with Gasteiger partial charge in [0.15, 0.2) is 0 Å². The lowest BCUT2D eigenvalue weighted by atomic mass is 9.87. The molecule has 0 fully saturated rings. The molecular formula is C14H20N2O. The predicted octanol–water partition coefficient (Wildman–Crippen LogP) is 2.25. The van der Waals surface area contributed by atoms with Crippen LogP contribution in [0.3, 0.4) is 0 Å². The molecule has 0 spiro atoms. The Morgan fingerprint density at radius 3 is 2.29 bits per heavy atom. The maximum absolute atomic E-state index is 9.42. The van der Waals surface area contributed by atoms with Crippen LogP contribution in [0.2, 0.25) is 0 Å². The fourth-order valence-electron chi connectivity index (χ4n) is 1.62. The SMILES string of the molecule is CC(C)(C)C(C#N)NC(CO)c1ccccc1. The molecule has 0 amide bonds. The van der Waals surface area contributed by atoms with Crippen molar-refractivity contribution in [2.45, 2.75) is 32.9 Å². The molecule has 0 bridgehead atoms. The minimum absolute atomic E-state index is 0.0156. The van der Waals surface area contributed by atoms with Crippen molar-refractivity contribution >= 4 is 0 Å². The van der Waals surface area contributed by atoms with E-state index >= 15 is 0 Å². The van der Waals surface area contributed by atoms with Crippen molar-refractivity contribution in [1.29, 1.82) is 5.26 Å². The Bertz CT molecular complexity index is 375. The summed E-state index contributed by atoms with van der Waals surface area (Å²) in [6.07, 6.45) is 0. The molecule has 0 aliphatic heterocycles. The third-order valence-corrected chi connectivity index (χ3v) is 2.75. The van der Waals surface area contributed by atoms with Gasteiger partial charge in [0.05, 0.1) is 18.7 Å². The van der Waals surface area contributed by atoms with Gasteiger partial charge >= 0.3 is 0 Å². The molecule has 0 aliphatic carbocycles. The highest BCUT2D eigenvalue weighted by Gasteiger charge is 2.26. The highest BCUT2D eigenvalue weighted by atomic mass is 16.3. The van der Waals surface area contributed by atoms with Gasteiger partial charge in [-0.15, -0.1) is 0 Å². The molecule has 1 aromatic rings. The summed E-state index contributed by atoms with van der Waals surface area (Å²) < 4.78 is 0. The van der Waals surface area contributed by atoms with Gasteiger partial charge in [0.1, 0.15) is 6.04 Å². The molecule has 0 heterocycles. The first-order valence-electron chi connectivity index (χ1n) is 5.80. The number of aliphatic hydroxyl groups excluding tert-OH is 1. The molecular weight excluding hydrogens is 212 g/mol. The summed E-state index contributed by atoms with van der Waals surface area (Å²) in [5, 5.41) is 21.8. The highest BCUT2D eigenvalue weighted by molar-refractivity contribution is 5.20. The van der Waals surface area contributed by atoms with E-state index in [2.05, 4.69) is 11.4 Å². The summed E-state index contributed by atoms with van der Waals surface area (Å²) in [5.41, 5.74) is 0.844. The molecule has 0 aliphatic rings. The van der Waals surface area contributed by atoms with Crippen LogP contribution in [0, 0.1) is 16.7 Å². The van der Waals surface area contributed by atoms with Crippen LogP contribution in [0.5, 0.6) is 0 Å². The smallest absolute Gasteiger partial charge is 0.101 e. The van der Waals surface area contributed by atoms with Gasteiger partial charge in [0.25, 0.3) is 0 Å². The Morgan fingerprint density at radius 1 is 1.29 bits per heavy atom. The third-order valence-electron chi connectivity index (χ3n) is 2.75. The van der Waals surface area contributed by atoms with E-state index < -0.39 is 0 Å². The number of hydrogen-bond acceptors (Lipinski definition) is 3. The van der Waals surface area contributed by atoms with Crippen LogP contribution in [0.25, 0.3) is 0 Å². The highest BCUT2D eigenvalue weighted by Crippen LogP contribution is 2.22. The number of rotatable bonds is 4. The summed E-state index contributed by atoms with van der Waals surface area (Å²) in [4.78, 5) is 0. The van der Waals surface area contributed by atoms with E-state index in [0.29, 0.717) is 0 Å². The van der Waals surface area contributed by atoms with Crippen molar-refractivity contribution < 1.29 is 5.11 Å². The molecule has 3 heteroatoms. The van der Waals surface area contributed by atoms with Crippen molar-refractivity contribution in [2.24, 2.45) is 5.41 Å². The Balaban J connectivity index is 2.81. The first-order chi connectivity index (χ1) is 7.99. The van der Waals surface area contributed by atoms with Gasteiger partial charge in [0.2, 0.25) is 0 Å². The second-order valence-electron chi connectivity index (χ2n) is 5.24. The molecule has 1 rings (SSSR count). The van der Waals surface area contributed by atoms with Crippen molar-refractivity contribution in [1.82, 2.24) is 5.32 Å². The first kappa shape index (κ1) is 13.7. The molecule has 1 aromatic carbocycles. The average molecular weight is 232 g/mol. The van der Waals surface area contributed by atoms with Crippen molar-refractivity contribution in [3.8, 4) is 6.07 Å². The fraction of sp³-hybridized carbons (Fsp3) is 0.500. The Hall–Kier alpha value is -1.37. The summed E-state index contributed by atoms with van der Waals surface area (Å²) >= 11 is 0. The fourth-order valence-corrected chi connectivity index (χ4v) is 1.62. The lowest BCUT2D eigenvalue weighted by Crippen LogP contribution is -2.42. The zero-order chi connectivity index (χ0) is 12.9. The van der Waals surface area contributed by atoms with E-state index in [0.717, 1.165) is 5.56 Å². The van der Waals surface area contributed by atoms with Crippen LogP contribution in [-0.4, -0.2) is 17.8 Å². The quantitative estimate of drug-likeness (QED) is 0.837. The van der Waals surface area contributed by atoms with Gasteiger partial charge in [0, 0.05) is 0 Å². The Kier molecular flexibility index (Phi) is 4.68. The van der Waals surface area contributed by atoms with E-state index in [9.17, 15) is 5.11 Å². The summed E-state index contributed by atoms with van der Waals surface area (Å²) in [6.45, 7) is 6.01. The van der Waals surface area contributed by atoms with Gasteiger partial charge in [-0.2, -0.15) is 5.26 Å². The second-order valence-corrected chi connectivity index (χ2v) is 5.24. The van der Waals surface area contributed by atoms with Crippen LogP contribution in [-0.2, 0) is 0 Å². The van der Waals surface area contributed by atoms with Gasteiger partial charge in [-0.25, -0.2) is 0 Å². The number of aliphatic hydroxyl groups is 1. The molecule has 0 saturated heterocycles. The van der Waals surface area contributed by atoms with Gasteiger partial charge < -0.3 is 5.11 Å². The monoisotopic (exact) mass is 232 g/mol. The molecule has 0 saturated carbocycles. The number of benzene rings is 1. The molecule has 17 heavy (non-hydrogen) atoms. The zero-order valence-electron chi connectivity index (χ0n) is 10.6. The van der Waals surface area contributed by atoms with Crippen molar-refractivity contribution in [3.63, 3.8) is 0 Å². The molecule has 3 nitrogen and oxygen atoms in total. The van der Waals surface area contributed by atoms with Gasteiger partial charge in [-0.1, -0.05) is 51.1 Å². The third kappa shape index (κ3) is 3.85. The van der Waals surface area contributed by atoms with Crippen LogP contribution < -0.4 is 5.32 Å². The second kappa shape index (κ2) is 5.81. The minimum Gasteiger partial charge on any atom is -0.394 e. The topological polar surface area (TPSA) is 56.0 Å². The van der Waals surface area contributed by atoms with E-state index in [1.54, 1.807) is 0 Å². The number of nitriles is 1. The molecule has 0 radical (unpaired) electrons. The lowest BCUT2D eigenvalue weighted by Gasteiger charge is -2.29. The molecule has 92 valence electrons. The molecule has 0 aromatic heterocycles. The van der Waals surface area contributed by atoms with E-state index in [-0.39, 0.29) is 24.1 Å². The largest absolute Gasteiger partial charge is 0.394 e. The Morgan fingerprint density at radius 2 is 1.88 bits per heavy atom. The normalized spacial score (nSPS) is 15.0. The lowest BCUT2D eigenvalue weighted by molar-refractivity contribution is 0.211. The summed E-state index contributed by atoms with van der Waals surface area (Å²) in [6, 6.07) is 11.5. The standard InChI is InChI=1S/C14H20N2O/c1-14(2,3)13(9-15)16-12(10-17)11-7-5-4-6-8-11/h4-8,12-13,16-17H,10H2,1-3H3. The maximum atomic E-state index is 9.42. The number of hydrogen-bond donors (Lipinski definition) is 2. The average Bonchev–Trinajstić information content (AvgIpc) is 2.30.